The summed E-state index contributed by atoms with van der Waals surface area (Å²) in [5, 5.41) is 3.01. The normalized spacial score (nSPS) is 12.7. The van der Waals surface area contributed by atoms with Gasteiger partial charge in [0.25, 0.3) is 5.91 Å². The third-order valence-corrected chi connectivity index (χ3v) is 4.97. The molecule has 5 nitrogen and oxygen atoms in total. The second-order valence-electron chi connectivity index (χ2n) is 7.35. The number of nitrogens with one attached hydrogen (secondary N) is 1. The molecule has 156 valence electrons. The lowest BCUT2D eigenvalue weighted by Crippen LogP contribution is -2.51. The molecule has 0 fully saturated rings. The predicted molar refractivity (Wildman–Crippen MR) is 116 cm³/mol. The Kier molecular flexibility index (Phi) is 8.71. The van der Waals surface area contributed by atoms with Crippen LogP contribution in [0.3, 0.4) is 0 Å². The molecule has 0 unspecified atom stereocenters. The van der Waals surface area contributed by atoms with Crippen molar-refractivity contribution < 1.29 is 14.3 Å². The number of amides is 2. The van der Waals surface area contributed by atoms with Gasteiger partial charge in [-0.05, 0) is 44.4 Å². The first kappa shape index (κ1) is 22.5. The molecule has 0 bridgehead atoms. The number of rotatable bonds is 10. The summed E-state index contributed by atoms with van der Waals surface area (Å²) in [5.74, 6) is 0.308. The molecule has 0 heterocycles. The van der Waals surface area contributed by atoms with Gasteiger partial charge in [0.05, 0.1) is 0 Å². The van der Waals surface area contributed by atoms with Crippen LogP contribution in [0.15, 0.2) is 54.6 Å². The van der Waals surface area contributed by atoms with Crippen molar-refractivity contribution in [2.45, 2.75) is 59.2 Å². The van der Waals surface area contributed by atoms with E-state index in [4.69, 9.17) is 4.74 Å². The number of hydrogen-bond acceptors (Lipinski definition) is 3. The number of carbonyl (C=O) groups excluding carboxylic acids is 2. The van der Waals surface area contributed by atoms with Crippen LogP contribution in [-0.4, -0.2) is 35.4 Å². The van der Waals surface area contributed by atoms with E-state index < -0.39 is 6.04 Å². The van der Waals surface area contributed by atoms with Crippen molar-refractivity contribution in [2.75, 3.05) is 6.61 Å². The van der Waals surface area contributed by atoms with Gasteiger partial charge < -0.3 is 15.0 Å². The van der Waals surface area contributed by atoms with E-state index in [0.29, 0.717) is 18.7 Å². The first-order valence-electron chi connectivity index (χ1n) is 10.3. The summed E-state index contributed by atoms with van der Waals surface area (Å²) in [4.78, 5) is 27.5. The average molecular weight is 397 g/mol. The highest BCUT2D eigenvalue weighted by molar-refractivity contribution is 5.88. The van der Waals surface area contributed by atoms with Gasteiger partial charge in [-0.25, -0.2) is 0 Å². The van der Waals surface area contributed by atoms with Gasteiger partial charge in [0.15, 0.2) is 6.61 Å². The minimum atomic E-state index is -0.543. The Morgan fingerprint density at radius 1 is 1.00 bits per heavy atom. The lowest BCUT2D eigenvalue weighted by atomic mass is 10.1. The fraction of sp³-hybridized carbons (Fsp3) is 0.417. The molecular weight excluding hydrogens is 364 g/mol. The number of benzene rings is 2. The minimum absolute atomic E-state index is 0.0639. The van der Waals surface area contributed by atoms with E-state index in [0.717, 1.165) is 17.5 Å². The highest BCUT2D eigenvalue weighted by atomic mass is 16.5. The quantitative estimate of drug-likeness (QED) is 0.658. The molecule has 2 amide bonds. The van der Waals surface area contributed by atoms with Gasteiger partial charge in [-0.2, -0.15) is 0 Å². The third-order valence-electron chi connectivity index (χ3n) is 4.97. The zero-order valence-electron chi connectivity index (χ0n) is 17.9. The summed E-state index contributed by atoms with van der Waals surface area (Å²) >= 11 is 0. The smallest absolute Gasteiger partial charge is 0.261 e. The SMILES string of the molecule is CC[C@H](C(=O)N[C@@H](C)CC)N(Cc1ccccc1)C(=O)COc1ccc(C)cc1. The Morgan fingerprint density at radius 3 is 2.24 bits per heavy atom. The number of nitrogens with zero attached hydrogens (tertiary/aromatic N) is 1. The largest absolute Gasteiger partial charge is 0.484 e. The fourth-order valence-corrected chi connectivity index (χ4v) is 3.00. The van der Waals surface area contributed by atoms with Crippen LogP contribution >= 0.6 is 0 Å². The Morgan fingerprint density at radius 2 is 1.66 bits per heavy atom. The van der Waals surface area contributed by atoms with Crippen LogP contribution in [0.1, 0.15) is 44.7 Å². The van der Waals surface area contributed by atoms with Crippen LogP contribution in [0.5, 0.6) is 5.75 Å². The molecule has 0 aliphatic heterocycles. The van der Waals surface area contributed by atoms with Gasteiger partial charge in [-0.15, -0.1) is 0 Å². The Hall–Kier alpha value is -2.82. The van der Waals surface area contributed by atoms with Crippen molar-refractivity contribution in [3.05, 3.63) is 65.7 Å². The number of hydrogen-bond donors (Lipinski definition) is 1. The first-order valence-corrected chi connectivity index (χ1v) is 10.3. The minimum Gasteiger partial charge on any atom is -0.484 e. The molecule has 0 radical (unpaired) electrons. The molecule has 2 atom stereocenters. The van der Waals surface area contributed by atoms with Crippen LogP contribution in [0.25, 0.3) is 0 Å². The molecule has 1 N–H and O–H groups in total. The lowest BCUT2D eigenvalue weighted by molar-refractivity contribution is -0.143. The van der Waals surface area contributed by atoms with Gasteiger partial charge in [-0.1, -0.05) is 61.9 Å². The number of aryl methyl sites for hydroxylation is 1. The van der Waals surface area contributed by atoms with Crippen LogP contribution in [0.4, 0.5) is 0 Å². The molecule has 2 aromatic carbocycles. The van der Waals surface area contributed by atoms with Gasteiger partial charge in [0.2, 0.25) is 5.91 Å². The van der Waals surface area contributed by atoms with Crippen molar-refractivity contribution in [3.8, 4) is 5.75 Å². The molecular formula is C24H32N2O3. The Bertz CT molecular complexity index is 774. The highest BCUT2D eigenvalue weighted by Crippen LogP contribution is 2.15. The summed E-state index contributed by atoms with van der Waals surface area (Å²) in [6.07, 6.45) is 1.37. The van der Waals surface area contributed by atoms with E-state index in [9.17, 15) is 9.59 Å². The van der Waals surface area contributed by atoms with Crippen molar-refractivity contribution in [2.24, 2.45) is 0 Å². The average Bonchev–Trinajstić information content (AvgIpc) is 2.73. The Balaban J connectivity index is 2.16. The zero-order valence-corrected chi connectivity index (χ0v) is 17.9. The standard InChI is InChI=1S/C24H32N2O3/c1-5-19(4)25-24(28)22(6-2)26(16-20-10-8-7-9-11-20)23(27)17-29-21-14-12-18(3)13-15-21/h7-15,19,22H,5-6,16-17H2,1-4H3,(H,25,28)/t19-,22+/m0/s1. The Labute approximate surface area is 174 Å². The van der Waals surface area contributed by atoms with E-state index in [1.165, 1.54) is 0 Å². The van der Waals surface area contributed by atoms with E-state index in [1.54, 1.807) is 4.90 Å². The topological polar surface area (TPSA) is 58.6 Å². The van der Waals surface area contributed by atoms with Gasteiger partial charge in [-0.3, -0.25) is 9.59 Å². The number of carbonyl (C=O) groups is 2. The van der Waals surface area contributed by atoms with E-state index in [2.05, 4.69) is 5.32 Å². The van der Waals surface area contributed by atoms with E-state index >= 15 is 0 Å². The molecule has 2 rings (SSSR count). The molecule has 0 aromatic heterocycles. The molecule has 2 aromatic rings. The monoisotopic (exact) mass is 396 g/mol. The van der Waals surface area contributed by atoms with E-state index in [1.807, 2.05) is 82.3 Å². The predicted octanol–water partition coefficient (Wildman–Crippen LogP) is 4.10. The van der Waals surface area contributed by atoms with Crippen LogP contribution in [0.2, 0.25) is 0 Å². The molecule has 0 aliphatic rings. The molecule has 0 saturated heterocycles. The first-order chi connectivity index (χ1) is 13.9. The van der Waals surface area contributed by atoms with Crippen LogP contribution in [0, 0.1) is 6.92 Å². The highest BCUT2D eigenvalue weighted by Gasteiger charge is 2.29. The zero-order chi connectivity index (χ0) is 21.2. The summed E-state index contributed by atoms with van der Waals surface area (Å²) in [6, 6.07) is 16.8. The molecule has 0 spiro atoms. The van der Waals surface area contributed by atoms with Crippen molar-refractivity contribution in [1.82, 2.24) is 10.2 Å². The van der Waals surface area contributed by atoms with E-state index in [-0.39, 0.29) is 24.5 Å². The fourth-order valence-electron chi connectivity index (χ4n) is 3.00. The second-order valence-corrected chi connectivity index (χ2v) is 7.35. The summed E-state index contributed by atoms with van der Waals surface area (Å²) < 4.78 is 5.70. The maximum Gasteiger partial charge on any atom is 0.261 e. The maximum atomic E-state index is 13.1. The molecule has 5 heteroatoms. The van der Waals surface area contributed by atoms with Crippen molar-refractivity contribution >= 4 is 11.8 Å². The summed E-state index contributed by atoms with van der Waals surface area (Å²) in [6.45, 7) is 8.17. The van der Waals surface area contributed by atoms with Crippen LogP contribution in [-0.2, 0) is 16.1 Å². The van der Waals surface area contributed by atoms with Gasteiger partial charge in [0, 0.05) is 12.6 Å². The van der Waals surface area contributed by atoms with Gasteiger partial charge >= 0.3 is 0 Å². The van der Waals surface area contributed by atoms with Crippen LogP contribution < -0.4 is 10.1 Å². The maximum absolute atomic E-state index is 13.1. The summed E-state index contributed by atoms with van der Waals surface area (Å²) in [5.41, 5.74) is 2.10. The molecule has 0 saturated carbocycles. The van der Waals surface area contributed by atoms with Crippen molar-refractivity contribution in [1.29, 1.82) is 0 Å². The third kappa shape index (κ3) is 6.93. The number of ether oxygens (including phenoxy) is 1. The molecule has 0 aliphatic carbocycles. The van der Waals surface area contributed by atoms with Gasteiger partial charge in [0.1, 0.15) is 11.8 Å². The summed E-state index contributed by atoms with van der Waals surface area (Å²) in [7, 11) is 0. The van der Waals surface area contributed by atoms with Crippen molar-refractivity contribution in [3.63, 3.8) is 0 Å². The lowest BCUT2D eigenvalue weighted by Gasteiger charge is -2.31. The molecule has 29 heavy (non-hydrogen) atoms. The second kappa shape index (κ2) is 11.2.